The van der Waals surface area contributed by atoms with E-state index in [2.05, 4.69) is 44.3 Å². The Morgan fingerprint density at radius 1 is 1.25 bits per heavy atom. The van der Waals surface area contributed by atoms with E-state index in [9.17, 15) is 0 Å². The first-order valence-electron chi connectivity index (χ1n) is 6.76. The zero-order valence-electron chi connectivity index (χ0n) is 11.8. The van der Waals surface area contributed by atoms with Gasteiger partial charge in [-0.1, -0.05) is 29.8 Å². The van der Waals surface area contributed by atoms with Gasteiger partial charge in [-0.05, 0) is 39.0 Å². The van der Waals surface area contributed by atoms with E-state index in [4.69, 9.17) is 16.3 Å². The molecule has 3 rings (SSSR count). The third kappa shape index (κ3) is 2.46. The maximum Gasteiger partial charge on any atom is 0.125 e. The smallest absolute Gasteiger partial charge is 0.125 e. The van der Waals surface area contributed by atoms with E-state index < -0.39 is 0 Å². The van der Waals surface area contributed by atoms with Gasteiger partial charge in [-0.3, -0.25) is 5.32 Å². The van der Waals surface area contributed by atoms with Crippen LogP contribution in [0.5, 0.6) is 5.75 Å². The SMILES string of the molecule is CC(NC1c2ccccc2OC1(C)C)c1ccc(Cl)s1. The molecular weight excluding hydrogens is 290 g/mol. The van der Waals surface area contributed by atoms with Gasteiger partial charge >= 0.3 is 0 Å². The highest BCUT2D eigenvalue weighted by Crippen LogP contribution is 2.44. The summed E-state index contributed by atoms with van der Waals surface area (Å²) in [7, 11) is 0. The standard InChI is InChI=1S/C16H18ClNOS/c1-10(13-8-9-14(17)20-13)18-15-11-6-4-5-7-12(11)19-16(15,2)3/h4-10,15,18H,1-3H3. The highest BCUT2D eigenvalue weighted by Gasteiger charge is 2.41. The van der Waals surface area contributed by atoms with Crippen LogP contribution in [0.4, 0.5) is 0 Å². The summed E-state index contributed by atoms with van der Waals surface area (Å²) in [5.74, 6) is 0.978. The average Bonchev–Trinajstić information content (AvgIpc) is 2.92. The summed E-state index contributed by atoms with van der Waals surface area (Å²) in [4.78, 5) is 1.25. The van der Waals surface area contributed by atoms with Gasteiger partial charge in [0.25, 0.3) is 0 Å². The molecule has 0 radical (unpaired) electrons. The minimum atomic E-state index is -0.251. The third-order valence-electron chi connectivity index (χ3n) is 3.74. The maximum atomic E-state index is 6.06. The van der Waals surface area contributed by atoms with Crippen molar-refractivity contribution in [1.82, 2.24) is 5.32 Å². The first-order valence-corrected chi connectivity index (χ1v) is 7.96. The number of para-hydroxylation sites is 1. The lowest BCUT2D eigenvalue weighted by atomic mass is 9.93. The molecule has 2 nitrogen and oxygen atoms in total. The Balaban J connectivity index is 1.86. The number of hydrogen-bond acceptors (Lipinski definition) is 3. The molecule has 2 unspecified atom stereocenters. The van der Waals surface area contributed by atoms with Gasteiger partial charge in [0.1, 0.15) is 11.4 Å². The zero-order chi connectivity index (χ0) is 14.3. The number of halogens is 1. The molecule has 106 valence electrons. The second-order valence-corrected chi connectivity index (χ2v) is 7.45. The Kier molecular flexibility index (Phi) is 3.53. The molecule has 1 aromatic heterocycles. The molecule has 0 aliphatic carbocycles. The van der Waals surface area contributed by atoms with Crippen molar-refractivity contribution in [2.45, 2.75) is 38.5 Å². The van der Waals surface area contributed by atoms with Gasteiger partial charge < -0.3 is 4.74 Å². The second kappa shape index (κ2) is 5.06. The lowest BCUT2D eigenvalue weighted by molar-refractivity contribution is 0.0921. The Labute approximate surface area is 128 Å². The monoisotopic (exact) mass is 307 g/mol. The summed E-state index contributed by atoms with van der Waals surface area (Å²) in [5.41, 5.74) is 0.978. The van der Waals surface area contributed by atoms with E-state index in [-0.39, 0.29) is 17.7 Å². The number of ether oxygens (including phenoxy) is 1. The van der Waals surface area contributed by atoms with Crippen LogP contribution in [-0.2, 0) is 0 Å². The molecule has 0 saturated heterocycles. The highest BCUT2D eigenvalue weighted by atomic mass is 35.5. The van der Waals surface area contributed by atoms with Gasteiger partial charge in [0, 0.05) is 16.5 Å². The van der Waals surface area contributed by atoms with Crippen LogP contribution in [0.25, 0.3) is 0 Å². The minimum absolute atomic E-state index is 0.176. The topological polar surface area (TPSA) is 21.3 Å². The fourth-order valence-corrected chi connectivity index (χ4v) is 3.78. The van der Waals surface area contributed by atoms with Gasteiger partial charge in [-0.15, -0.1) is 11.3 Å². The zero-order valence-corrected chi connectivity index (χ0v) is 13.4. The molecule has 0 amide bonds. The first kappa shape index (κ1) is 13.9. The summed E-state index contributed by atoms with van der Waals surface area (Å²) in [5, 5.41) is 3.68. The van der Waals surface area contributed by atoms with Crippen LogP contribution in [0, 0.1) is 0 Å². The van der Waals surface area contributed by atoms with Crippen LogP contribution in [0.2, 0.25) is 4.34 Å². The minimum Gasteiger partial charge on any atom is -0.486 e. The summed E-state index contributed by atoms with van der Waals surface area (Å²) in [6.45, 7) is 6.41. The molecular formula is C16H18ClNOS. The molecule has 2 heterocycles. The van der Waals surface area contributed by atoms with Crippen LogP contribution in [0.3, 0.4) is 0 Å². The molecule has 0 saturated carbocycles. The van der Waals surface area contributed by atoms with Crippen LogP contribution in [0.1, 0.15) is 43.3 Å². The molecule has 1 aliphatic rings. The van der Waals surface area contributed by atoms with Crippen molar-refractivity contribution in [3.05, 3.63) is 51.2 Å². The Morgan fingerprint density at radius 2 is 2.00 bits per heavy atom. The number of benzene rings is 1. The van der Waals surface area contributed by atoms with Crippen molar-refractivity contribution in [3.63, 3.8) is 0 Å². The van der Waals surface area contributed by atoms with Crippen LogP contribution < -0.4 is 10.1 Å². The van der Waals surface area contributed by atoms with Crippen molar-refractivity contribution in [2.24, 2.45) is 0 Å². The number of rotatable bonds is 3. The summed E-state index contributed by atoms with van der Waals surface area (Å²) < 4.78 is 6.89. The van der Waals surface area contributed by atoms with Crippen molar-refractivity contribution in [3.8, 4) is 5.75 Å². The van der Waals surface area contributed by atoms with Crippen molar-refractivity contribution < 1.29 is 4.74 Å². The first-order chi connectivity index (χ1) is 9.47. The molecule has 20 heavy (non-hydrogen) atoms. The predicted octanol–water partition coefficient (Wildman–Crippen LogP) is 4.96. The largest absolute Gasteiger partial charge is 0.486 e. The Hall–Kier alpha value is -1.03. The van der Waals surface area contributed by atoms with E-state index in [1.807, 2.05) is 18.2 Å². The summed E-state index contributed by atoms with van der Waals surface area (Å²) in [6.07, 6.45) is 0. The fraction of sp³-hybridized carbons (Fsp3) is 0.375. The second-order valence-electron chi connectivity index (χ2n) is 5.71. The van der Waals surface area contributed by atoms with E-state index in [0.717, 1.165) is 10.1 Å². The number of fused-ring (bicyclic) bond motifs is 1. The summed E-state index contributed by atoms with van der Waals surface area (Å²) >= 11 is 7.65. The Morgan fingerprint density at radius 3 is 2.70 bits per heavy atom. The van der Waals surface area contributed by atoms with Crippen LogP contribution in [-0.4, -0.2) is 5.60 Å². The fourth-order valence-electron chi connectivity index (χ4n) is 2.71. The van der Waals surface area contributed by atoms with E-state index in [0.29, 0.717) is 0 Å². The number of hydrogen-bond donors (Lipinski definition) is 1. The molecule has 0 fully saturated rings. The van der Waals surface area contributed by atoms with Crippen LogP contribution >= 0.6 is 22.9 Å². The predicted molar refractivity (Wildman–Crippen MR) is 84.8 cm³/mol. The van der Waals surface area contributed by atoms with Crippen molar-refractivity contribution in [2.75, 3.05) is 0 Å². The summed E-state index contributed by atoms with van der Waals surface area (Å²) in [6, 6.07) is 12.7. The lowest BCUT2D eigenvalue weighted by Crippen LogP contribution is -2.40. The number of nitrogens with one attached hydrogen (secondary N) is 1. The van der Waals surface area contributed by atoms with Crippen molar-refractivity contribution in [1.29, 1.82) is 0 Å². The molecule has 1 aliphatic heterocycles. The van der Waals surface area contributed by atoms with Gasteiger partial charge in [0.2, 0.25) is 0 Å². The highest BCUT2D eigenvalue weighted by molar-refractivity contribution is 7.16. The average molecular weight is 308 g/mol. The van der Waals surface area contributed by atoms with Crippen molar-refractivity contribution >= 4 is 22.9 Å². The van der Waals surface area contributed by atoms with Gasteiger partial charge in [-0.2, -0.15) is 0 Å². The van der Waals surface area contributed by atoms with E-state index in [1.54, 1.807) is 11.3 Å². The van der Waals surface area contributed by atoms with E-state index >= 15 is 0 Å². The molecule has 2 aromatic rings. The lowest BCUT2D eigenvalue weighted by Gasteiger charge is -2.29. The normalized spacial score (nSPS) is 21.3. The molecule has 4 heteroatoms. The van der Waals surface area contributed by atoms with Gasteiger partial charge in [0.05, 0.1) is 10.4 Å². The van der Waals surface area contributed by atoms with Gasteiger partial charge in [-0.25, -0.2) is 0 Å². The molecule has 2 atom stereocenters. The van der Waals surface area contributed by atoms with E-state index in [1.165, 1.54) is 10.4 Å². The Bertz CT molecular complexity index is 622. The molecule has 0 bridgehead atoms. The molecule has 1 N–H and O–H groups in total. The van der Waals surface area contributed by atoms with Gasteiger partial charge in [0.15, 0.2) is 0 Å². The quantitative estimate of drug-likeness (QED) is 0.865. The third-order valence-corrected chi connectivity index (χ3v) is 5.15. The molecule has 0 spiro atoms. The molecule has 1 aromatic carbocycles. The maximum absolute atomic E-state index is 6.06. The van der Waals surface area contributed by atoms with Crippen LogP contribution in [0.15, 0.2) is 36.4 Å². The number of thiophene rings is 1.